The third kappa shape index (κ3) is 1.55. The van der Waals surface area contributed by atoms with Crippen LogP contribution < -0.4 is 5.43 Å². The summed E-state index contributed by atoms with van der Waals surface area (Å²) < 4.78 is 11.8. The van der Waals surface area contributed by atoms with E-state index in [-0.39, 0.29) is 16.7 Å². The van der Waals surface area contributed by atoms with Crippen LogP contribution in [0.2, 0.25) is 0 Å². The van der Waals surface area contributed by atoms with Crippen molar-refractivity contribution in [2.24, 2.45) is 7.05 Å². The number of ether oxygens (including phenoxy) is 1. The largest absolute Gasteiger partial charge is 0.464 e. The summed E-state index contributed by atoms with van der Waals surface area (Å²) in [5, 5.41) is 0.794. The zero-order chi connectivity index (χ0) is 13.6. The van der Waals surface area contributed by atoms with Crippen LogP contribution in [0.15, 0.2) is 39.5 Å². The van der Waals surface area contributed by atoms with Crippen LogP contribution in [0.3, 0.4) is 0 Å². The van der Waals surface area contributed by atoms with Crippen molar-refractivity contribution >= 4 is 28.0 Å². The van der Waals surface area contributed by atoms with E-state index in [0.29, 0.717) is 11.1 Å². The maximum absolute atomic E-state index is 12.0. The molecule has 19 heavy (non-hydrogen) atoms. The molecule has 0 saturated heterocycles. The highest BCUT2D eigenvalue weighted by atomic mass is 16.5. The van der Waals surface area contributed by atoms with Crippen LogP contribution in [-0.2, 0) is 11.8 Å². The van der Waals surface area contributed by atoms with Gasteiger partial charge in [0.25, 0.3) is 0 Å². The Morgan fingerprint density at radius 1 is 1.32 bits per heavy atom. The molecular weight excluding hydrogens is 246 g/mol. The van der Waals surface area contributed by atoms with Gasteiger partial charge in [0.2, 0.25) is 5.43 Å². The summed E-state index contributed by atoms with van der Waals surface area (Å²) in [5.41, 5.74) is 1.34. The predicted octanol–water partition coefficient (Wildman–Crippen LogP) is 2.07. The highest BCUT2D eigenvalue weighted by Gasteiger charge is 2.18. The lowest BCUT2D eigenvalue weighted by molar-refractivity contribution is 0.0589. The molecule has 1 aromatic carbocycles. The highest BCUT2D eigenvalue weighted by Crippen LogP contribution is 2.26. The molecule has 0 aliphatic carbocycles. The van der Waals surface area contributed by atoms with Crippen molar-refractivity contribution in [3.63, 3.8) is 0 Å². The Balaban J connectivity index is 2.53. The smallest absolute Gasteiger partial charge is 0.354 e. The van der Waals surface area contributed by atoms with Gasteiger partial charge in [0.15, 0.2) is 5.58 Å². The Bertz CT molecular complexity index is 857. The highest BCUT2D eigenvalue weighted by molar-refractivity contribution is 6.04. The molecule has 3 aromatic rings. The summed E-state index contributed by atoms with van der Waals surface area (Å²) in [6.45, 7) is 0. The molecule has 2 aromatic heterocycles. The minimum atomic E-state index is -0.549. The molecule has 0 radical (unpaired) electrons. The van der Waals surface area contributed by atoms with Crippen LogP contribution in [0.25, 0.3) is 22.1 Å². The second-order valence-electron chi connectivity index (χ2n) is 4.22. The number of aromatic nitrogens is 1. The number of hydrogen-bond acceptors (Lipinski definition) is 4. The first-order valence-electron chi connectivity index (χ1n) is 5.73. The molecule has 5 heteroatoms. The van der Waals surface area contributed by atoms with Crippen LogP contribution in [0.1, 0.15) is 10.5 Å². The number of rotatable bonds is 1. The van der Waals surface area contributed by atoms with Gasteiger partial charge >= 0.3 is 5.97 Å². The number of methoxy groups -OCH3 is 1. The summed E-state index contributed by atoms with van der Waals surface area (Å²) in [6.07, 6.45) is 0. The van der Waals surface area contributed by atoms with Gasteiger partial charge in [-0.3, -0.25) is 4.79 Å². The first-order chi connectivity index (χ1) is 9.13. The molecule has 96 valence electrons. The van der Waals surface area contributed by atoms with Gasteiger partial charge in [-0.15, -0.1) is 0 Å². The molecule has 0 unspecified atom stereocenters. The Morgan fingerprint density at radius 3 is 2.79 bits per heavy atom. The number of fused-ring (bicyclic) bond motifs is 3. The molecule has 5 nitrogen and oxygen atoms in total. The van der Waals surface area contributed by atoms with Gasteiger partial charge in [0.1, 0.15) is 11.3 Å². The zero-order valence-corrected chi connectivity index (χ0v) is 10.5. The zero-order valence-electron chi connectivity index (χ0n) is 10.5. The third-order valence-corrected chi connectivity index (χ3v) is 3.15. The van der Waals surface area contributed by atoms with Gasteiger partial charge in [0.05, 0.1) is 12.6 Å². The monoisotopic (exact) mass is 257 g/mol. The summed E-state index contributed by atoms with van der Waals surface area (Å²) in [6, 6.07) is 8.55. The standard InChI is InChI=1S/C14H11NO4/c1-15-9(14(17)18-2)7-10(16)13-12(15)8-5-3-4-6-11(8)19-13/h3-7H,1-2H3. The van der Waals surface area contributed by atoms with E-state index in [1.807, 2.05) is 18.2 Å². The Kier molecular flexibility index (Phi) is 2.41. The molecule has 0 saturated carbocycles. The van der Waals surface area contributed by atoms with E-state index in [4.69, 9.17) is 4.42 Å². The molecule has 0 spiro atoms. The van der Waals surface area contributed by atoms with Crippen molar-refractivity contribution in [2.75, 3.05) is 7.11 Å². The molecule has 0 bridgehead atoms. The van der Waals surface area contributed by atoms with Crippen LogP contribution in [0, 0.1) is 0 Å². The van der Waals surface area contributed by atoms with E-state index < -0.39 is 5.97 Å². The third-order valence-electron chi connectivity index (χ3n) is 3.15. The Hall–Kier alpha value is -2.56. The van der Waals surface area contributed by atoms with Gasteiger partial charge < -0.3 is 13.7 Å². The van der Waals surface area contributed by atoms with E-state index in [2.05, 4.69) is 4.74 Å². The number of benzene rings is 1. The lowest BCUT2D eigenvalue weighted by atomic mass is 10.2. The maximum atomic E-state index is 12.0. The minimum Gasteiger partial charge on any atom is -0.464 e. The first-order valence-corrected chi connectivity index (χ1v) is 5.73. The van der Waals surface area contributed by atoms with Crippen molar-refractivity contribution in [1.29, 1.82) is 0 Å². The molecular formula is C14H11NO4. The van der Waals surface area contributed by atoms with E-state index in [1.165, 1.54) is 13.2 Å². The van der Waals surface area contributed by atoms with Gasteiger partial charge in [-0.2, -0.15) is 0 Å². The van der Waals surface area contributed by atoms with Gasteiger partial charge in [-0.25, -0.2) is 4.79 Å². The van der Waals surface area contributed by atoms with Crippen molar-refractivity contribution in [3.8, 4) is 0 Å². The second kappa shape index (κ2) is 3.98. The number of furan rings is 1. The fourth-order valence-corrected chi connectivity index (χ4v) is 2.24. The number of esters is 1. The molecule has 2 heterocycles. The van der Waals surface area contributed by atoms with Crippen LogP contribution >= 0.6 is 0 Å². The van der Waals surface area contributed by atoms with E-state index in [1.54, 1.807) is 17.7 Å². The fourth-order valence-electron chi connectivity index (χ4n) is 2.24. The number of para-hydroxylation sites is 1. The van der Waals surface area contributed by atoms with Gasteiger partial charge in [-0.1, -0.05) is 12.1 Å². The summed E-state index contributed by atoms with van der Waals surface area (Å²) >= 11 is 0. The maximum Gasteiger partial charge on any atom is 0.354 e. The topological polar surface area (TPSA) is 61.4 Å². The normalized spacial score (nSPS) is 11.1. The quantitative estimate of drug-likeness (QED) is 0.626. The molecule has 0 aliphatic rings. The summed E-state index contributed by atoms with van der Waals surface area (Å²) in [5.74, 6) is -0.549. The Labute approximate surface area is 108 Å². The summed E-state index contributed by atoms with van der Waals surface area (Å²) in [7, 11) is 2.99. The van der Waals surface area contributed by atoms with Crippen molar-refractivity contribution < 1.29 is 13.9 Å². The second-order valence-corrected chi connectivity index (χ2v) is 4.22. The Morgan fingerprint density at radius 2 is 2.05 bits per heavy atom. The van der Waals surface area contributed by atoms with Gasteiger partial charge in [-0.05, 0) is 12.1 Å². The van der Waals surface area contributed by atoms with Gasteiger partial charge in [0, 0.05) is 18.5 Å². The molecule has 3 rings (SSSR count). The van der Waals surface area contributed by atoms with Crippen molar-refractivity contribution in [1.82, 2.24) is 4.57 Å². The predicted molar refractivity (Wildman–Crippen MR) is 70.3 cm³/mol. The van der Waals surface area contributed by atoms with Crippen LogP contribution in [0.5, 0.6) is 0 Å². The number of aryl methyl sites for hydroxylation is 1. The van der Waals surface area contributed by atoms with E-state index in [9.17, 15) is 9.59 Å². The van der Waals surface area contributed by atoms with Crippen molar-refractivity contribution in [3.05, 3.63) is 46.2 Å². The molecule has 0 atom stereocenters. The number of hydrogen-bond donors (Lipinski definition) is 0. The number of carbonyl (C=O) groups excluding carboxylic acids is 1. The number of nitrogens with zero attached hydrogens (tertiary/aromatic N) is 1. The molecule has 0 aliphatic heterocycles. The van der Waals surface area contributed by atoms with Crippen LogP contribution in [-0.4, -0.2) is 17.6 Å². The van der Waals surface area contributed by atoms with Crippen molar-refractivity contribution in [2.45, 2.75) is 0 Å². The number of carbonyl (C=O) groups is 1. The minimum absolute atomic E-state index is 0.201. The lowest BCUT2D eigenvalue weighted by Gasteiger charge is -2.07. The average molecular weight is 257 g/mol. The SMILES string of the molecule is COC(=O)c1cc(=O)c2oc3ccccc3c2n1C. The van der Waals surface area contributed by atoms with Crippen LogP contribution in [0.4, 0.5) is 0 Å². The van der Waals surface area contributed by atoms with E-state index >= 15 is 0 Å². The fraction of sp³-hybridized carbons (Fsp3) is 0.143. The molecule has 0 fully saturated rings. The first kappa shape index (κ1) is 11.5. The summed E-state index contributed by atoms with van der Waals surface area (Å²) in [4.78, 5) is 23.7. The molecule has 0 amide bonds. The number of pyridine rings is 1. The molecule has 0 N–H and O–H groups in total. The average Bonchev–Trinajstić information content (AvgIpc) is 2.82. The van der Waals surface area contributed by atoms with E-state index in [0.717, 1.165) is 5.39 Å². The lowest BCUT2D eigenvalue weighted by Crippen LogP contribution is -2.16.